The molecule has 132 valence electrons. The van der Waals surface area contributed by atoms with Crippen LogP contribution in [0.2, 0.25) is 0 Å². The Morgan fingerprint density at radius 2 is 2.27 bits per heavy atom. The zero-order valence-corrected chi connectivity index (χ0v) is 13.4. The second-order valence-corrected chi connectivity index (χ2v) is 5.19. The molecule has 0 saturated heterocycles. The smallest absolute Gasteiger partial charge is 0.293 e. The summed E-state index contributed by atoms with van der Waals surface area (Å²) in [6.45, 7) is 1.77. The summed E-state index contributed by atoms with van der Waals surface area (Å²) >= 11 is 0. The molecular formula is C14H12N8O4. The second-order valence-electron chi connectivity index (χ2n) is 5.19. The lowest BCUT2D eigenvalue weighted by Crippen LogP contribution is -2.19. The third-order valence-electron chi connectivity index (χ3n) is 3.60. The maximum Gasteiger partial charge on any atom is 0.293 e. The Hall–Kier alpha value is -3.96. The van der Waals surface area contributed by atoms with E-state index in [1.807, 2.05) is 0 Å². The predicted molar refractivity (Wildman–Crippen MR) is 86.0 cm³/mol. The Kier molecular flexibility index (Phi) is 3.69. The minimum Gasteiger partial charge on any atom is -0.454 e. The Morgan fingerprint density at radius 1 is 1.38 bits per heavy atom. The largest absolute Gasteiger partial charge is 0.454 e. The van der Waals surface area contributed by atoms with Gasteiger partial charge in [-0.2, -0.15) is 9.78 Å². The van der Waals surface area contributed by atoms with E-state index in [1.54, 1.807) is 25.1 Å². The maximum atomic E-state index is 12.3. The van der Waals surface area contributed by atoms with Crippen LogP contribution in [0.5, 0.6) is 11.5 Å². The second kappa shape index (κ2) is 6.16. The molecule has 0 bridgehead atoms. The van der Waals surface area contributed by atoms with Crippen molar-refractivity contribution in [3.8, 4) is 17.3 Å². The van der Waals surface area contributed by atoms with Gasteiger partial charge in [0.25, 0.3) is 5.91 Å². The zero-order valence-electron chi connectivity index (χ0n) is 13.4. The molecular weight excluding hydrogens is 344 g/mol. The molecule has 1 amide bonds. The molecule has 3 aromatic rings. The van der Waals surface area contributed by atoms with Crippen molar-refractivity contribution < 1.29 is 18.9 Å². The monoisotopic (exact) mass is 356 g/mol. The van der Waals surface area contributed by atoms with Crippen LogP contribution in [0.4, 0.5) is 5.82 Å². The van der Waals surface area contributed by atoms with E-state index in [0.717, 1.165) is 0 Å². The highest BCUT2D eigenvalue weighted by Crippen LogP contribution is 2.34. The van der Waals surface area contributed by atoms with Crippen molar-refractivity contribution in [2.24, 2.45) is 5.10 Å². The molecule has 0 unspecified atom stereocenters. The van der Waals surface area contributed by atoms with Crippen LogP contribution in [0.3, 0.4) is 0 Å². The number of nitrogens with one attached hydrogen (secondary N) is 1. The van der Waals surface area contributed by atoms with Gasteiger partial charge >= 0.3 is 0 Å². The zero-order chi connectivity index (χ0) is 18.1. The Morgan fingerprint density at radius 3 is 3.08 bits per heavy atom. The van der Waals surface area contributed by atoms with Crippen molar-refractivity contribution >= 4 is 17.9 Å². The van der Waals surface area contributed by atoms with E-state index in [-0.39, 0.29) is 24.1 Å². The minimum absolute atomic E-state index is 0.0307. The first kappa shape index (κ1) is 15.6. The first-order chi connectivity index (χ1) is 12.6. The molecule has 0 atom stereocenters. The van der Waals surface area contributed by atoms with Crippen LogP contribution < -0.4 is 20.6 Å². The van der Waals surface area contributed by atoms with Crippen molar-refractivity contribution in [2.45, 2.75) is 6.92 Å². The first-order valence-corrected chi connectivity index (χ1v) is 7.38. The molecule has 0 radical (unpaired) electrons. The minimum atomic E-state index is -0.551. The molecule has 2 aromatic heterocycles. The topological polar surface area (TPSA) is 156 Å². The van der Waals surface area contributed by atoms with E-state index >= 15 is 0 Å². The average Bonchev–Trinajstić information content (AvgIpc) is 3.34. The fourth-order valence-corrected chi connectivity index (χ4v) is 2.35. The number of hydrazone groups is 1. The highest BCUT2D eigenvalue weighted by Gasteiger charge is 2.21. The molecule has 4 rings (SSSR count). The van der Waals surface area contributed by atoms with Crippen molar-refractivity contribution in [2.75, 3.05) is 12.5 Å². The number of nitrogens with zero attached hydrogens (tertiary/aromatic N) is 6. The number of hydrogen-bond donors (Lipinski definition) is 2. The van der Waals surface area contributed by atoms with Crippen molar-refractivity contribution in [1.82, 2.24) is 30.7 Å². The van der Waals surface area contributed by atoms with Crippen LogP contribution in [0.25, 0.3) is 5.82 Å². The number of fused-ring (bicyclic) bond motifs is 1. The standard InChI is InChI=1S/C14H12N8O4/c1-7-10(17-21-22(7)13-12(15)19-26-20-13)14(23)18-16-5-8-3-2-4-9-11(8)25-6-24-9/h2-5H,6H2,1H3,(H2,15,19)(H,18,23)/b16-5-. The Balaban J connectivity index is 1.50. The van der Waals surface area contributed by atoms with Gasteiger partial charge in [-0.25, -0.2) is 10.1 Å². The number of amides is 1. The van der Waals surface area contributed by atoms with Gasteiger partial charge < -0.3 is 15.2 Å². The van der Waals surface area contributed by atoms with Crippen LogP contribution >= 0.6 is 0 Å². The molecule has 12 nitrogen and oxygen atoms in total. The van der Waals surface area contributed by atoms with E-state index in [2.05, 4.69) is 35.8 Å². The predicted octanol–water partition coefficient (Wildman–Crippen LogP) is 0.0335. The lowest BCUT2D eigenvalue weighted by Gasteiger charge is -2.01. The van der Waals surface area contributed by atoms with Gasteiger partial charge in [-0.3, -0.25) is 4.79 Å². The Bertz CT molecular complexity index is 1010. The van der Waals surface area contributed by atoms with Gasteiger partial charge in [0.2, 0.25) is 18.4 Å². The number of anilines is 1. The number of rotatable bonds is 4. The van der Waals surface area contributed by atoms with Gasteiger partial charge in [0, 0.05) is 5.56 Å². The molecule has 0 aliphatic carbocycles. The summed E-state index contributed by atoms with van der Waals surface area (Å²) in [5.41, 5.74) is 9.12. The van der Waals surface area contributed by atoms with Gasteiger partial charge in [-0.1, -0.05) is 11.3 Å². The summed E-state index contributed by atoms with van der Waals surface area (Å²) in [4.78, 5) is 12.3. The molecule has 26 heavy (non-hydrogen) atoms. The number of nitrogen functional groups attached to an aromatic ring is 1. The number of aromatic nitrogens is 5. The molecule has 0 saturated carbocycles. The van der Waals surface area contributed by atoms with E-state index in [4.69, 9.17) is 15.2 Å². The van der Waals surface area contributed by atoms with Crippen LogP contribution in [-0.2, 0) is 0 Å². The highest BCUT2D eigenvalue weighted by atomic mass is 16.7. The summed E-state index contributed by atoms with van der Waals surface area (Å²) in [7, 11) is 0. The lowest BCUT2D eigenvalue weighted by molar-refractivity contribution is 0.0949. The summed E-state index contributed by atoms with van der Waals surface area (Å²) < 4.78 is 16.4. The molecule has 0 spiro atoms. The molecule has 1 aliphatic rings. The van der Waals surface area contributed by atoms with E-state index < -0.39 is 5.91 Å². The Labute approximate surface area is 145 Å². The van der Waals surface area contributed by atoms with Crippen LogP contribution in [-0.4, -0.2) is 44.2 Å². The SMILES string of the molecule is Cc1c(C(=O)N/N=C\c2cccc3c2OCO3)nnn1-c1nonc1N. The van der Waals surface area contributed by atoms with Gasteiger partial charge in [-0.05, 0) is 29.4 Å². The van der Waals surface area contributed by atoms with Crippen LogP contribution in [0.1, 0.15) is 21.7 Å². The fraction of sp³-hybridized carbons (Fsp3) is 0.143. The molecule has 0 fully saturated rings. The van der Waals surface area contributed by atoms with Gasteiger partial charge in [0.1, 0.15) is 0 Å². The van der Waals surface area contributed by atoms with E-state index in [0.29, 0.717) is 22.8 Å². The highest BCUT2D eigenvalue weighted by molar-refractivity contribution is 5.94. The van der Waals surface area contributed by atoms with E-state index in [1.165, 1.54) is 10.9 Å². The first-order valence-electron chi connectivity index (χ1n) is 7.38. The van der Waals surface area contributed by atoms with E-state index in [9.17, 15) is 4.79 Å². The van der Waals surface area contributed by atoms with Gasteiger partial charge in [0.05, 0.1) is 11.9 Å². The average molecular weight is 356 g/mol. The van der Waals surface area contributed by atoms with Crippen LogP contribution in [0, 0.1) is 6.92 Å². The quantitative estimate of drug-likeness (QED) is 0.486. The summed E-state index contributed by atoms with van der Waals surface area (Å²) in [5.74, 6) is 0.821. The third-order valence-corrected chi connectivity index (χ3v) is 3.60. The summed E-state index contributed by atoms with van der Waals surface area (Å²) in [6.07, 6.45) is 1.45. The molecule has 12 heteroatoms. The fourth-order valence-electron chi connectivity index (χ4n) is 2.35. The normalized spacial score (nSPS) is 12.7. The molecule has 1 aromatic carbocycles. The summed E-state index contributed by atoms with van der Waals surface area (Å²) in [6, 6.07) is 5.36. The maximum absolute atomic E-state index is 12.3. The van der Waals surface area contributed by atoms with Crippen molar-refractivity contribution in [1.29, 1.82) is 0 Å². The number of nitrogens with two attached hydrogens (primary N) is 1. The van der Waals surface area contributed by atoms with Gasteiger partial charge in [0.15, 0.2) is 17.2 Å². The van der Waals surface area contributed by atoms with Crippen LogP contribution in [0.15, 0.2) is 27.9 Å². The number of carbonyl (C=O) groups is 1. The van der Waals surface area contributed by atoms with Crippen molar-refractivity contribution in [3.63, 3.8) is 0 Å². The van der Waals surface area contributed by atoms with Crippen molar-refractivity contribution in [3.05, 3.63) is 35.2 Å². The molecule has 3 N–H and O–H groups in total. The number of benzene rings is 1. The molecule has 3 heterocycles. The molecule has 1 aliphatic heterocycles. The third kappa shape index (κ3) is 2.58. The summed E-state index contributed by atoms with van der Waals surface area (Å²) in [5, 5.41) is 18.6. The number of para-hydroxylation sites is 1. The van der Waals surface area contributed by atoms with Gasteiger partial charge in [-0.15, -0.1) is 5.10 Å². The number of ether oxygens (including phenoxy) is 2. The number of hydrogen-bond acceptors (Lipinski definition) is 10. The number of carbonyl (C=O) groups excluding carboxylic acids is 1. The lowest BCUT2D eigenvalue weighted by atomic mass is 10.2.